The van der Waals surface area contributed by atoms with Crippen LogP contribution < -0.4 is 0 Å². The minimum absolute atomic E-state index is 0.132. The van der Waals surface area contributed by atoms with Crippen molar-refractivity contribution in [1.82, 2.24) is 0 Å². The summed E-state index contributed by atoms with van der Waals surface area (Å²) in [6, 6.07) is 13.1. The molecule has 0 amide bonds. The molecular formula is C18H20NO2+. The molecule has 0 spiro atoms. The van der Waals surface area contributed by atoms with Gasteiger partial charge in [0.25, 0.3) is 0 Å². The van der Waals surface area contributed by atoms with Gasteiger partial charge >= 0.3 is 0 Å². The summed E-state index contributed by atoms with van der Waals surface area (Å²) in [4.78, 5) is 6.14. The van der Waals surface area contributed by atoms with Crippen LogP contribution in [0.5, 0.6) is 0 Å². The van der Waals surface area contributed by atoms with Gasteiger partial charge in [-0.3, -0.25) is 4.84 Å². The quantitative estimate of drug-likeness (QED) is 0.633. The van der Waals surface area contributed by atoms with Gasteiger partial charge in [0.05, 0.1) is 13.0 Å². The molecule has 0 fully saturated rings. The molecule has 1 heterocycles. The first-order valence-corrected chi connectivity index (χ1v) is 7.66. The van der Waals surface area contributed by atoms with E-state index in [0.717, 1.165) is 19.6 Å². The molecule has 0 radical (unpaired) electrons. The molecule has 2 unspecified atom stereocenters. The van der Waals surface area contributed by atoms with Crippen molar-refractivity contribution in [3.05, 3.63) is 47.5 Å². The molecule has 1 aliphatic heterocycles. The van der Waals surface area contributed by atoms with E-state index in [1.54, 1.807) is 0 Å². The summed E-state index contributed by atoms with van der Waals surface area (Å²) < 4.78 is 7.50. The Morgan fingerprint density at radius 1 is 1.14 bits per heavy atom. The Bertz CT molecular complexity index is 730. The van der Waals surface area contributed by atoms with Gasteiger partial charge in [0.1, 0.15) is 5.92 Å². The first-order valence-electron chi connectivity index (χ1n) is 7.66. The highest BCUT2D eigenvalue weighted by Gasteiger charge is 2.49. The van der Waals surface area contributed by atoms with Crippen molar-refractivity contribution in [2.45, 2.75) is 25.4 Å². The summed E-state index contributed by atoms with van der Waals surface area (Å²) in [6.45, 7) is 3.56. The number of fused-ring (bicyclic) bond motifs is 3. The predicted molar refractivity (Wildman–Crippen MR) is 82.8 cm³/mol. The van der Waals surface area contributed by atoms with E-state index >= 15 is 0 Å². The van der Waals surface area contributed by atoms with Gasteiger partial charge in [0.15, 0.2) is 7.05 Å². The number of nitrogens with zero attached hydrogens (tertiary/aromatic N) is 1. The number of hydroxylamine groups is 1. The molecule has 1 aliphatic carbocycles. The van der Waals surface area contributed by atoms with E-state index in [1.807, 2.05) is 18.7 Å². The maximum absolute atomic E-state index is 6.14. The Labute approximate surface area is 124 Å². The molecule has 2 aliphatic rings. The van der Waals surface area contributed by atoms with Crippen molar-refractivity contribution in [1.29, 1.82) is 0 Å². The lowest BCUT2D eigenvalue weighted by atomic mass is 9.92. The fourth-order valence-electron chi connectivity index (χ4n) is 3.78. The zero-order chi connectivity index (χ0) is 14.4. The average molecular weight is 282 g/mol. The standard InChI is InChI=1S/C18H20NO2/c1-3-20-11-10-15-17-13-8-4-6-12-7-5-9-14(16(12)13)18(17)21-19(15)2/h4-9,17-18H,3,10-11H2,1-2H3/q+1. The van der Waals surface area contributed by atoms with E-state index in [0.29, 0.717) is 5.92 Å². The van der Waals surface area contributed by atoms with Crippen LogP contribution in [0, 0.1) is 0 Å². The average Bonchev–Trinajstić information content (AvgIpc) is 2.98. The SMILES string of the molecule is CCOCCC1=[N+](C)OC2c3cccc4cccc(c34)C12. The molecule has 0 bridgehead atoms. The number of benzene rings is 2. The van der Waals surface area contributed by atoms with Crippen LogP contribution in [0.25, 0.3) is 10.8 Å². The third kappa shape index (κ3) is 1.80. The molecular weight excluding hydrogens is 262 g/mol. The van der Waals surface area contributed by atoms with Crippen molar-refractivity contribution in [2.24, 2.45) is 0 Å². The van der Waals surface area contributed by atoms with Crippen LogP contribution in [0.2, 0.25) is 0 Å². The predicted octanol–water partition coefficient (Wildman–Crippen LogP) is 3.43. The van der Waals surface area contributed by atoms with Crippen molar-refractivity contribution in [2.75, 3.05) is 20.3 Å². The summed E-state index contributed by atoms with van der Waals surface area (Å²) in [5.41, 5.74) is 4.06. The topological polar surface area (TPSA) is 21.5 Å². The molecule has 2 atom stereocenters. The second-order valence-corrected chi connectivity index (χ2v) is 5.73. The molecule has 0 aromatic heterocycles. The van der Waals surface area contributed by atoms with E-state index in [1.165, 1.54) is 27.6 Å². The molecule has 3 nitrogen and oxygen atoms in total. The summed E-state index contributed by atoms with van der Waals surface area (Å²) in [5.74, 6) is 0.344. The van der Waals surface area contributed by atoms with Gasteiger partial charge in [0, 0.05) is 12.2 Å². The van der Waals surface area contributed by atoms with Crippen molar-refractivity contribution in [3.8, 4) is 0 Å². The van der Waals surface area contributed by atoms with Gasteiger partial charge < -0.3 is 4.74 Å². The van der Waals surface area contributed by atoms with Crippen LogP contribution in [-0.2, 0) is 9.57 Å². The third-order valence-corrected chi connectivity index (χ3v) is 4.66. The lowest BCUT2D eigenvalue weighted by molar-refractivity contribution is -0.770. The van der Waals surface area contributed by atoms with Gasteiger partial charge in [-0.05, 0) is 28.0 Å². The first-order chi connectivity index (χ1) is 10.3. The van der Waals surface area contributed by atoms with E-state index < -0.39 is 0 Å². The highest BCUT2D eigenvalue weighted by Crippen LogP contribution is 2.50. The Balaban J connectivity index is 1.78. The fraction of sp³-hybridized carbons (Fsp3) is 0.389. The summed E-state index contributed by atoms with van der Waals surface area (Å²) in [6.07, 6.45) is 1.06. The van der Waals surface area contributed by atoms with Crippen molar-refractivity contribution < 1.29 is 14.3 Å². The Morgan fingerprint density at radius 2 is 1.90 bits per heavy atom. The van der Waals surface area contributed by atoms with Crippen LogP contribution in [0.3, 0.4) is 0 Å². The minimum atomic E-state index is 0.132. The number of hydrogen-bond donors (Lipinski definition) is 0. The van der Waals surface area contributed by atoms with Gasteiger partial charge in [-0.1, -0.05) is 36.4 Å². The van der Waals surface area contributed by atoms with Crippen LogP contribution in [0.15, 0.2) is 36.4 Å². The summed E-state index contributed by atoms with van der Waals surface area (Å²) >= 11 is 0. The van der Waals surface area contributed by atoms with Crippen LogP contribution in [0.4, 0.5) is 0 Å². The number of ether oxygens (including phenoxy) is 1. The molecule has 3 heteroatoms. The van der Waals surface area contributed by atoms with Gasteiger partial charge in [-0.25, -0.2) is 0 Å². The molecule has 0 saturated heterocycles. The second-order valence-electron chi connectivity index (χ2n) is 5.73. The highest BCUT2D eigenvalue weighted by atomic mass is 16.7. The summed E-state index contributed by atoms with van der Waals surface area (Å²) in [5, 5.41) is 2.70. The Kier molecular flexibility index (Phi) is 2.96. The summed E-state index contributed by atoms with van der Waals surface area (Å²) in [7, 11) is 2.02. The Hall–Kier alpha value is -1.87. The highest BCUT2D eigenvalue weighted by molar-refractivity contribution is 6.00. The normalized spacial score (nSPS) is 22.8. The zero-order valence-corrected chi connectivity index (χ0v) is 12.5. The monoisotopic (exact) mass is 282 g/mol. The van der Waals surface area contributed by atoms with Crippen molar-refractivity contribution in [3.63, 3.8) is 0 Å². The largest absolute Gasteiger partial charge is 0.381 e. The second kappa shape index (κ2) is 4.85. The maximum atomic E-state index is 6.14. The van der Waals surface area contributed by atoms with E-state index in [4.69, 9.17) is 9.57 Å². The maximum Gasteiger partial charge on any atom is 0.218 e. The van der Waals surface area contributed by atoms with Gasteiger partial charge in [-0.2, -0.15) is 0 Å². The number of rotatable bonds is 4. The van der Waals surface area contributed by atoms with E-state index in [9.17, 15) is 0 Å². The third-order valence-electron chi connectivity index (χ3n) is 4.66. The van der Waals surface area contributed by atoms with Crippen LogP contribution in [-0.4, -0.2) is 30.7 Å². The smallest absolute Gasteiger partial charge is 0.218 e. The molecule has 21 heavy (non-hydrogen) atoms. The van der Waals surface area contributed by atoms with Gasteiger partial charge in [-0.15, -0.1) is 0 Å². The molecule has 108 valence electrons. The Morgan fingerprint density at radius 3 is 2.67 bits per heavy atom. The van der Waals surface area contributed by atoms with Crippen LogP contribution >= 0.6 is 0 Å². The van der Waals surface area contributed by atoms with Gasteiger partial charge in [0.2, 0.25) is 11.8 Å². The van der Waals surface area contributed by atoms with E-state index in [-0.39, 0.29) is 6.10 Å². The number of hydrogen-bond acceptors (Lipinski definition) is 2. The molecule has 2 aromatic rings. The fourth-order valence-corrected chi connectivity index (χ4v) is 3.78. The lowest BCUT2D eigenvalue weighted by Crippen LogP contribution is -2.17. The molecule has 0 N–H and O–H groups in total. The van der Waals surface area contributed by atoms with Crippen LogP contribution in [0.1, 0.15) is 36.5 Å². The minimum Gasteiger partial charge on any atom is -0.381 e. The molecule has 4 rings (SSSR count). The first kappa shape index (κ1) is 12.8. The molecule has 2 aromatic carbocycles. The van der Waals surface area contributed by atoms with E-state index in [2.05, 4.69) is 36.4 Å². The zero-order valence-electron chi connectivity index (χ0n) is 12.5. The lowest BCUT2D eigenvalue weighted by Gasteiger charge is -2.07. The molecule has 0 saturated carbocycles. The van der Waals surface area contributed by atoms with Crippen molar-refractivity contribution >= 4 is 16.5 Å².